The van der Waals surface area contributed by atoms with Crippen LogP contribution in [0.3, 0.4) is 0 Å². The van der Waals surface area contributed by atoms with Gasteiger partial charge in [-0.1, -0.05) is 29.3 Å². The predicted molar refractivity (Wildman–Crippen MR) is 74.7 cm³/mol. The summed E-state index contributed by atoms with van der Waals surface area (Å²) < 4.78 is 16.3. The van der Waals surface area contributed by atoms with E-state index >= 15 is 0 Å². The largest absolute Gasteiger partial charge is 0.384 e. The Hall–Kier alpha value is -1.36. The molecule has 1 heterocycles. The molecular formula is C13H15BrFN3. The fourth-order valence-electron chi connectivity index (χ4n) is 1.98. The number of hydrogen-bond donors (Lipinski definition) is 1. The number of hydrogen-bond acceptors (Lipinski definition) is 2. The van der Waals surface area contributed by atoms with Crippen molar-refractivity contribution in [1.29, 1.82) is 0 Å². The van der Waals surface area contributed by atoms with Crippen LogP contribution in [0.5, 0.6) is 0 Å². The van der Waals surface area contributed by atoms with Gasteiger partial charge in [-0.15, -0.1) is 0 Å². The lowest BCUT2D eigenvalue weighted by Gasteiger charge is -2.04. The summed E-state index contributed by atoms with van der Waals surface area (Å²) in [5.41, 5.74) is 8.03. The summed E-state index contributed by atoms with van der Waals surface area (Å²) in [4.78, 5) is 0. The van der Waals surface area contributed by atoms with Crippen molar-refractivity contribution >= 4 is 21.7 Å². The molecule has 0 unspecified atom stereocenters. The maximum absolute atomic E-state index is 14.0. The van der Waals surface area contributed by atoms with Crippen LogP contribution in [0.4, 0.5) is 10.2 Å². The van der Waals surface area contributed by atoms with Crippen molar-refractivity contribution in [2.24, 2.45) is 7.05 Å². The van der Waals surface area contributed by atoms with Gasteiger partial charge in [-0.3, -0.25) is 4.68 Å². The summed E-state index contributed by atoms with van der Waals surface area (Å²) in [5, 5.41) is 4.33. The van der Waals surface area contributed by atoms with Crippen LogP contribution in [-0.4, -0.2) is 9.78 Å². The smallest absolute Gasteiger partial charge is 0.133 e. The lowest BCUT2D eigenvalue weighted by atomic mass is 10.0. The second-order valence-electron chi connectivity index (χ2n) is 4.21. The minimum Gasteiger partial charge on any atom is -0.384 e. The quantitative estimate of drug-likeness (QED) is 0.942. The highest BCUT2D eigenvalue weighted by Crippen LogP contribution is 2.31. The van der Waals surface area contributed by atoms with Crippen molar-refractivity contribution < 1.29 is 4.39 Å². The maximum atomic E-state index is 14.0. The van der Waals surface area contributed by atoms with Gasteiger partial charge in [0.2, 0.25) is 0 Å². The predicted octanol–water partition coefficient (Wildman–Crippen LogP) is 3.52. The lowest BCUT2D eigenvalue weighted by Crippen LogP contribution is -1.99. The van der Waals surface area contributed by atoms with Gasteiger partial charge < -0.3 is 5.73 Å². The van der Waals surface area contributed by atoms with Crippen molar-refractivity contribution in [3.63, 3.8) is 0 Å². The molecular weight excluding hydrogens is 297 g/mol. The highest BCUT2D eigenvalue weighted by Gasteiger charge is 2.17. The monoisotopic (exact) mass is 311 g/mol. The molecule has 0 amide bonds. The number of nitrogen functional groups attached to an aromatic ring is 1. The first kappa shape index (κ1) is 13.1. The molecule has 0 aliphatic rings. The van der Waals surface area contributed by atoms with Gasteiger partial charge in [-0.25, -0.2) is 4.39 Å². The van der Waals surface area contributed by atoms with Crippen LogP contribution < -0.4 is 5.73 Å². The van der Waals surface area contributed by atoms with Gasteiger partial charge in [0.25, 0.3) is 0 Å². The van der Waals surface area contributed by atoms with E-state index in [1.165, 1.54) is 6.07 Å². The van der Waals surface area contributed by atoms with E-state index in [2.05, 4.69) is 28.0 Å². The Labute approximate surface area is 114 Å². The summed E-state index contributed by atoms with van der Waals surface area (Å²) in [6, 6.07) is 4.97. The molecule has 5 heteroatoms. The van der Waals surface area contributed by atoms with E-state index in [1.807, 2.05) is 0 Å². The highest BCUT2D eigenvalue weighted by atomic mass is 79.9. The Morgan fingerprint density at radius 1 is 1.44 bits per heavy atom. The van der Waals surface area contributed by atoms with Crippen LogP contribution in [0.1, 0.15) is 18.9 Å². The summed E-state index contributed by atoms with van der Waals surface area (Å²) in [6.07, 6.45) is 1.74. The van der Waals surface area contributed by atoms with Crippen LogP contribution in [0.15, 0.2) is 22.7 Å². The first-order chi connectivity index (χ1) is 8.54. The van der Waals surface area contributed by atoms with Gasteiger partial charge in [-0.2, -0.15) is 5.10 Å². The standard InChI is InChI=1S/C13H15BrFN3/c1-3-4-10-12(17-18(2)13(10)16)9-6-5-8(14)7-11(9)15/h5-7H,3-4,16H2,1-2H3. The van der Waals surface area contributed by atoms with Gasteiger partial charge in [0.05, 0.1) is 0 Å². The van der Waals surface area contributed by atoms with Crippen molar-refractivity contribution in [1.82, 2.24) is 9.78 Å². The number of anilines is 1. The van der Waals surface area contributed by atoms with Gasteiger partial charge in [0.1, 0.15) is 17.3 Å². The molecule has 3 nitrogen and oxygen atoms in total. The highest BCUT2D eigenvalue weighted by molar-refractivity contribution is 9.10. The third-order valence-electron chi connectivity index (χ3n) is 2.88. The molecule has 0 radical (unpaired) electrons. The van der Waals surface area contributed by atoms with Crippen LogP contribution in [0.2, 0.25) is 0 Å². The molecule has 0 bridgehead atoms. The van der Waals surface area contributed by atoms with Crippen molar-refractivity contribution in [2.75, 3.05) is 5.73 Å². The Morgan fingerprint density at radius 2 is 2.17 bits per heavy atom. The molecule has 1 aromatic heterocycles. The van der Waals surface area contributed by atoms with Crippen LogP contribution in [0.25, 0.3) is 11.3 Å². The third kappa shape index (κ3) is 2.27. The van der Waals surface area contributed by atoms with E-state index in [4.69, 9.17) is 5.73 Å². The molecule has 18 heavy (non-hydrogen) atoms. The first-order valence-corrected chi connectivity index (χ1v) is 6.60. The minimum absolute atomic E-state index is 0.292. The Bertz CT molecular complexity index is 578. The number of nitrogens with two attached hydrogens (primary N) is 1. The third-order valence-corrected chi connectivity index (χ3v) is 3.37. The topological polar surface area (TPSA) is 43.8 Å². The van der Waals surface area contributed by atoms with Crippen LogP contribution in [-0.2, 0) is 13.5 Å². The zero-order valence-corrected chi connectivity index (χ0v) is 12.0. The fraction of sp³-hybridized carbons (Fsp3) is 0.308. The molecule has 0 aliphatic heterocycles. The van der Waals surface area contributed by atoms with E-state index < -0.39 is 0 Å². The maximum Gasteiger partial charge on any atom is 0.133 e. The zero-order valence-electron chi connectivity index (χ0n) is 10.4. The SMILES string of the molecule is CCCc1c(-c2ccc(Br)cc2F)nn(C)c1N. The van der Waals surface area contributed by atoms with Gasteiger partial charge >= 0.3 is 0 Å². The molecule has 0 saturated heterocycles. The van der Waals surface area contributed by atoms with Gasteiger partial charge in [-0.05, 0) is 24.6 Å². The summed E-state index contributed by atoms with van der Waals surface area (Å²) in [7, 11) is 1.77. The number of benzene rings is 1. The molecule has 96 valence electrons. The van der Waals surface area contributed by atoms with Crippen molar-refractivity contribution in [3.05, 3.63) is 34.1 Å². The summed E-state index contributed by atoms with van der Waals surface area (Å²) >= 11 is 3.25. The first-order valence-electron chi connectivity index (χ1n) is 5.81. The van der Waals surface area contributed by atoms with Crippen LogP contribution in [0, 0.1) is 5.82 Å². The number of halogens is 2. The fourth-order valence-corrected chi connectivity index (χ4v) is 2.31. The average Bonchev–Trinajstić information content (AvgIpc) is 2.58. The van der Waals surface area contributed by atoms with E-state index in [-0.39, 0.29) is 5.82 Å². The van der Waals surface area contributed by atoms with Crippen molar-refractivity contribution in [2.45, 2.75) is 19.8 Å². The van der Waals surface area contributed by atoms with Crippen LogP contribution >= 0.6 is 15.9 Å². The molecule has 2 N–H and O–H groups in total. The van der Waals surface area contributed by atoms with Gasteiger partial charge in [0.15, 0.2) is 0 Å². The van der Waals surface area contributed by atoms with E-state index in [0.29, 0.717) is 21.5 Å². The lowest BCUT2D eigenvalue weighted by molar-refractivity contribution is 0.629. The van der Waals surface area contributed by atoms with E-state index in [1.54, 1.807) is 23.9 Å². The molecule has 2 aromatic rings. The molecule has 0 atom stereocenters. The number of aryl methyl sites for hydroxylation is 1. The number of nitrogens with zero attached hydrogens (tertiary/aromatic N) is 2. The molecule has 0 spiro atoms. The summed E-state index contributed by atoms with van der Waals surface area (Å²) in [6.45, 7) is 2.06. The molecule has 0 aliphatic carbocycles. The number of aromatic nitrogens is 2. The Kier molecular flexibility index (Phi) is 3.71. The van der Waals surface area contributed by atoms with Crippen molar-refractivity contribution in [3.8, 4) is 11.3 Å². The zero-order chi connectivity index (χ0) is 13.3. The molecule has 2 rings (SSSR count). The second-order valence-corrected chi connectivity index (χ2v) is 5.13. The molecule has 0 fully saturated rings. The van der Waals surface area contributed by atoms with E-state index in [0.717, 1.165) is 18.4 Å². The summed E-state index contributed by atoms with van der Waals surface area (Å²) in [5.74, 6) is 0.314. The number of rotatable bonds is 3. The minimum atomic E-state index is -0.292. The normalized spacial score (nSPS) is 10.9. The van der Waals surface area contributed by atoms with E-state index in [9.17, 15) is 4.39 Å². The Balaban J connectivity index is 2.59. The average molecular weight is 312 g/mol. The Morgan fingerprint density at radius 3 is 2.78 bits per heavy atom. The van der Waals surface area contributed by atoms with Gasteiger partial charge in [0, 0.05) is 22.6 Å². The molecule has 0 saturated carbocycles. The molecule has 1 aromatic carbocycles. The second kappa shape index (κ2) is 5.10.